The van der Waals surface area contributed by atoms with E-state index in [1.165, 1.54) is 19.3 Å². The number of hydrogen-bond acceptors (Lipinski definition) is 6. The third kappa shape index (κ3) is 5.70. The zero-order chi connectivity index (χ0) is 13.3. The molecular formula is C12H24ClN5O2. The van der Waals surface area contributed by atoms with E-state index in [9.17, 15) is 0 Å². The van der Waals surface area contributed by atoms with Gasteiger partial charge in [-0.2, -0.15) is 0 Å². The van der Waals surface area contributed by atoms with Crippen LogP contribution in [0.4, 0.5) is 0 Å². The van der Waals surface area contributed by atoms with Crippen LogP contribution in [0.15, 0.2) is 0 Å². The van der Waals surface area contributed by atoms with Gasteiger partial charge in [0.05, 0.1) is 26.5 Å². The maximum atomic E-state index is 5.69. The van der Waals surface area contributed by atoms with Crippen molar-refractivity contribution >= 4 is 12.4 Å². The van der Waals surface area contributed by atoms with Crippen LogP contribution >= 0.6 is 12.4 Å². The van der Waals surface area contributed by atoms with Gasteiger partial charge in [0.15, 0.2) is 5.82 Å². The van der Waals surface area contributed by atoms with Gasteiger partial charge in [0.1, 0.15) is 0 Å². The minimum absolute atomic E-state index is 0. The molecule has 0 unspecified atom stereocenters. The monoisotopic (exact) mass is 305 g/mol. The smallest absolute Gasteiger partial charge is 0.153 e. The summed E-state index contributed by atoms with van der Waals surface area (Å²) in [5.41, 5.74) is 0. The van der Waals surface area contributed by atoms with Gasteiger partial charge in [0, 0.05) is 26.6 Å². The largest absolute Gasteiger partial charge is 0.383 e. The predicted molar refractivity (Wildman–Crippen MR) is 76.9 cm³/mol. The van der Waals surface area contributed by atoms with Gasteiger partial charge in [0.25, 0.3) is 0 Å². The van der Waals surface area contributed by atoms with Crippen LogP contribution in [-0.4, -0.2) is 65.3 Å². The van der Waals surface area contributed by atoms with Gasteiger partial charge in [-0.05, 0) is 23.3 Å². The molecule has 0 atom stereocenters. The highest BCUT2D eigenvalue weighted by atomic mass is 35.5. The SMILES string of the molecule is COCCn1nnnc1CCOCN1CCCCC1.Cl. The van der Waals surface area contributed by atoms with Crippen LogP contribution in [0.3, 0.4) is 0 Å². The van der Waals surface area contributed by atoms with Gasteiger partial charge >= 0.3 is 0 Å². The molecule has 0 radical (unpaired) electrons. The van der Waals surface area contributed by atoms with Crippen molar-refractivity contribution in [3.05, 3.63) is 5.82 Å². The molecule has 1 aliphatic rings. The molecule has 0 bridgehead atoms. The Labute approximate surface area is 126 Å². The average Bonchev–Trinajstić information content (AvgIpc) is 2.90. The number of ether oxygens (including phenoxy) is 2. The van der Waals surface area contributed by atoms with Crippen molar-refractivity contribution in [3.8, 4) is 0 Å². The van der Waals surface area contributed by atoms with E-state index in [2.05, 4.69) is 20.4 Å². The fourth-order valence-electron chi connectivity index (χ4n) is 2.20. The lowest BCUT2D eigenvalue weighted by Crippen LogP contribution is -2.32. The lowest BCUT2D eigenvalue weighted by molar-refractivity contribution is 0.0196. The summed E-state index contributed by atoms with van der Waals surface area (Å²) >= 11 is 0. The molecule has 1 aromatic heterocycles. The Hall–Kier alpha value is -0.760. The van der Waals surface area contributed by atoms with Crippen molar-refractivity contribution in [2.45, 2.75) is 32.2 Å². The van der Waals surface area contributed by atoms with Crippen LogP contribution in [-0.2, 0) is 22.4 Å². The third-order valence-corrected chi connectivity index (χ3v) is 3.31. The molecule has 0 aliphatic carbocycles. The summed E-state index contributed by atoms with van der Waals surface area (Å²) in [6, 6.07) is 0. The fraction of sp³-hybridized carbons (Fsp3) is 0.917. The summed E-state index contributed by atoms with van der Waals surface area (Å²) in [5.74, 6) is 0.857. The topological polar surface area (TPSA) is 65.3 Å². The van der Waals surface area contributed by atoms with E-state index in [0.29, 0.717) is 19.8 Å². The Morgan fingerprint density at radius 2 is 1.95 bits per heavy atom. The number of halogens is 1. The van der Waals surface area contributed by atoms with Gasteiger partial charge in [-0.25, -0.2) is 4.68 Å². The van der Waals surface area contributed by atoms with Crippen molar-refractivity contribution in [1.82, 2.24) is 25.1 Å². The van der Waals surface area contributed by atoms with E-state index in [1.807, 2.05) is 0 Å². The highest BCUT2D eigenvalue weighted by Gasteiger charge is 2.10. The Kier molecular flexibility index (Phi) is 8.68. The molecule has 20 heavy (non-hydrogen) atoms. The lowest BCUT2D eigenvalue weighted by Gasteiger charge is -2.25. The molecule has 1 saturated heterocycles. The first-order valence-electron chi connectivity index (χ1n) is 6.94. The Morgan fingerprint density at radius 3 is 2.70 bits per heavy atom. The summed E-state index contributed by atoms with van der Waals surface area (Å²) in [6.07, 6.45) is 4.67. The standard InChI is InChI=1S/C12H23N5O2.ClH/c1-18-10-8-17-12(13-14-15-17)5-9-19-11-16-6-3-2-4-7-16;/h2-11H2,1H3;1H. The van der Waals surface area contributed by atoms with E-state index < -0.39 is 0 Å². The van der Waals surface area contributed by atoms with Crippen LogP contribution < -0.4 is 0 Å². The summed E-state index contributed by atoms with van der Waals surface area (Å²) in [6.45, 7) is 5.00. The van der Waals surface area contributed by atoms with Crippen molar-refractivity contribution in [1.29, 1.82) is 0 Å². The Balaban J connectivity index is 0.00000200. The summed E-state index contributed by atoms with van der Waals surface area (Å²) in [7, 11) is 1.67. The van der Waals surface area contributed by atoms with Crippen LogP contribution in [0.25, 0.3) is 0 Å². The van der Waals surface area contributed by atoms with Crippen LogP contribution in [0, 0.1) is 0 Å². The van der Waals surface area contributed by atoms with E-state index >= 15 is 0 Å². The maximum absolute atomic E-state index is 5.69. The van der Waals surface area contributed by atoms with Gasteiger partial charge in [-0.1, -0.05) is 6.42 Å². The zero-order valence-corrected chi connectivity index (χ0v) is 12.8. The summed E-state index contributed by atoms with van der Waals surface area (Å²) < 4.78 is 12.5. The molecule has 0 spiro atoms. The second-order valence-electron chi connectivity index (χ2n) is 4.78. The molecule has 7 nitrogen and oxygen atoms in total. The molecule has 2 rings (SSSR count). The molecular weight excluding hydrogens is 282 g/mol. The highest BCUT2D eigenvalue weighted by molar-refractivity contribution is 5.85. The zero-order valence-electron chi connectivity index (χ0n) is 12.0. The van der Waals surface area contributed by atoms with E-state index in [4.69, 9.17) is 9.47 Å². The van der Waals surface area contributed by atoms with Gasteiger partial charge in [-0.3, -0.25) is 4.90 Å². The average molecular weight is 306 g/mol. The van der Waals surface area contributed by atoms with Crippen molar-refractivity contribution in [2.24, 2.45) is 0 Å². The number of rotatable bonds is 8. The van der Waals surface area contributed by atoms with Crippen molar-refractivity contribution < 1.29 is 9.47 Å². The number of piperidine rings is 1. The molecule has 8 heteroatoms. The van der Waals surface area contributed by atoms with Gasteiger partial charge in [0.2, 0.25) is 0 Å². The second kappa shape index (κ2) is 10.0. The quantitative estimate of drug-likeness (QED) is 0.660. The maximum Gasteiger partial charge on any atom is 0.153 e. The van der Waals surface area contributed by atoms with E-state index in [1.54, 1.807) is 11.8 Å². The lowest BCUT2D eigenvalue weighted by atomic mass is 10.1. The molecule has 0 aromatic carbocycles. The van der Waals surface area contributed by atoms with Gasteiger partial charge in [-0.15, -0.1) is 17.5 Å². The Morgan fingerprint density at radius 1 is 1.15 bits per heavy atom. The minimum atomic E-state index is 0. The van der Waals surface area contributed by atoms with Crippen molar-refractivity contribution in [2.75, 3.05) is 40.1 Å². The normalized spacial score (nSPS) is 16.1. The molecule has 1 aliphatic heterocycles. The number of nitrogens with zero attached hydrogens (tertiary/aromatic N) is 5. The van der Waals surface area contributed by atoms with E-state index in [0.717, 1.165) is 32.1 Å². The number of hydrogen-bond donors (Lipinski definition) is 0. The first-order valence-corrected chi connectivity index (χ1v) is 6.94. The predicted octanol–water partition coefficient (Wildman–Crippen LogP) is 0.744. The van der Waals surface area contributed by atoms with Gasteiger partial charge < -0.3 is 9.47 Å². The van der Waals surface area contributed by atoms with Crippen LogP contribution in [0.1, 0.15) is 25.1 Å². The summed E-state index contributed by atoms with van der Waals surface area (Å²) in [5, 5.41) is 11.6. The molecule has 0 amide bonds. The first kappa shape index (κ1) is 17.3. The summed E-state index contributed by atoms with van der Waals surface area (Å²) in [4.78, 5) is 2.36. The molecule has 1 fully saturated rings. The van der Waals surface area contributed by atoms with Crippen LogP contribution in [0.5, 0.6) is 0 Å². The fourth-order valence-corrected chi connectivity index (χ4v) is 2.20. The van der Waals surface area contributed by atoms with E-state index in [-0.39, 0.29) is 12.4 Å². The second-order valence-corrected chi connectivity index (χ2v) is 4.78. The first-order chi connectivity index (χ1) is 9.40. The number of methoxy groups -OCH3 is 1. The number of aromatic nitrogens is 4. The number of likely N-dealkylation sites (tertiary alicyclic amines) is 1. The number of tetrazole rings is 1. The highest BCUT2D eigenvalue weighted by Crippen LogP contribution is 2.08. The molecule has 1 aromatic rings. The van der Waals surface area contributed by atoms with Crippen molar-refractivity contribution in [3.63, 3.8) is 0 Å². The third-order valence-electron chi connectivity index (χ3n) is 3.31. The minimum Gasteiger partial charge on any atom is -0.383 e. The molecule has 0 saturated carbocycles. The Bertz CT molecular complexity index is 357. The molecule has 2 heterocycles. The molecule has 0 N–H and O–H groups in total. The molecule has 116 valence electrons. The van der Waals surface area contributed by atoms with Crippen LogP contribution in [0.2, 0.25) is 0 Å².